The van der Waals surface area contributed by atoms with Crippen molar-refractivity contribution in [3.8, 4) is 5.69 Å². The summed E-state index contributed by atoms with van der Waals surface area (Å²) < 4.78 is 46.6. The number of rotatable bonds is 8. The molecule has 1 N–H and O–H groups in total. The number of nitrogens with one attached hydrogen (secondary N) is 1. The molecule has 0 aliphatic heterocycles. The molecule has 44 heavy (non-hydrogen) atoms. The molecular formula is C32H35ClFN5O4S. The smallest absolute Gasteiger partial charge is 0.296 e. The number of carbonyl (C=O) groups is 1. The van der Waals surface area contributed by atoms with E-state index in [9.17, 15) is 18.0 Å². The van der Waals surface area contributed by atoms with Crippen LogP contribution >= 0.6 is 11.6 Å². The summed E-state index contributed by atoms with van der Waals surface area (Å²) in [7, 11) is 0.428. The molecule has 1 heterocycles. The largest absolute Gasteiger partial charge is 0.369 e. The van der Waals surface area contributed by atoms with Crippen LogP contribution in [0.2, 0.25) is 5.02 Å². The monoisotopic (exact) mass is 639 g/mol. The molecule has 0 spiro atoms. The summed E-state index contributed by atoms with van der Waals surface area (Å²) in [5.41, 5.74) is 1.07. The maximum atomic E-state index is 15.1. The number of carbonyl (C=O) groups excluding carboxylic acids is 1. The van der Waals surface area contributed by atoms with Gasteiger partial charge >= 0.3 is 0 Å². The Bertz CT molecular complexity index is 1870. The molecule has 3 aromatic carbocycles. The van der Waals surface area contributed by atoms with E-state index in [1.165, 1.54) is 36.3 Å². The first kappa shape index (κ1) is 31.3. The Morgan fingerprint density at radius 3 is 2.34 bits per heavy atom. The lowest BCUT2D eigenvalue weighted by Gasteiger charge is -2.33. The summed E-state index contributed by atoms with van der Waals surface area (Å²) in [5, 5.41) is 2.53. The van der Waals surface area contributed by atoms with Crippen molar-refractivity contribution in [2.24, 2.45) is 7.05 Å². The van der Waals surface area contributed by atoms with E-state index in [0.29, 0.717) is 17.1 Å². The fourth-order valence-corrected chi connectivity index (χ4v) is 7.51. The molecule has 0 unspecified atom stereocenters. The van der Waals surface area contributed by atoms with Crippen molar-refractivity contribution < 1.29 is 17.6 Å². The highest BCUT2D eigenvalue weighted by molar-refractivity contribution is 7.93. The second-order valence-electron chi connectivity index (χ2n) is 11.1. The van der Waals surface area contributed by atoms with Crippen LogP contribution in [0.15, 0.2) is 76.4 Å². The van der Waals surface area contributed by atoms with E-state index in [4.69, 9.17) is 11.6 Å². The highest BCUT2D eigenvalue weighted by atomic mass is 35.5. The molecule has 1 aliphatic rings. The number of halogens is 2. The van der Waals surface area contributed by atoms with E-state index in [1.807, 2.05) is 18.0 Å². The van der Waals surface area contributed by atoms with Crippen LogP contribution in [0.3, 0.4) is 0 Å². The zero-order chi connectivity index (χ0) is 31.8. The van der Waals surface area contributed by atoms with Crippen LogP contribution in [0.4, 0.5) is 21.5 Å². The van der Waals surface area contributed by atoms with Gasteiger partial charge in [-0.05, 0) is 68.3 Å². The molecule has 0 atom stereocenters. The number of aromatic nitrogens is 2. The summed E-state index contributed by atoms with van der Waals surface area (Å²) in [4.78, 5) is 28.3. The van der Waals surface area contributed by atoms with Gasteiger partial charge in [0.25, 0.3) is 21.5 Å². The van der Waals surface area contributed by atoms with Crippen LogP contribution in [0.5, 0.6) is 0 Å². The number of benzene rings is 3. The van der Waals surface area contributed by atoms with Gasteiger partial charge in [-0.25, -0.2) is 17.5 Å². The third kappa shape index (κ3) is 5.86. The topological polar surface area (TPSA) is 96.7 Å². The SMILES string of the molecule is Cc1c(N(C)S(=O)(=O)c2cc(C(=O)Nc3ccc(N(C)C4CCCCC4)c(F)c3)ccc2Cl)c(=O)n(-c2ccccc2)n1C. The predicted molar refractivity (Wildman–Crippen MR) is 172 cm³/mol. The summed E-state index contributed by atoms with van der Waals surface area (Å²) in [6, 6.07) is 17.5. The van der Waals surface area contributed by atoms with Gasteiger partial charge in [-0.1, -0.05) is 49.1 Å². The van der Waals surface area contributed by atoms with E-state index >= 15 is 4.39 Å². The Morgan fingerprint density at radius 2 is 1.68 bits per heavy atom. The first-order chi connectivity index (χ1) is 20.9. The average Bonchev–Trinajstić information content (AvgIpc) is 3.24. The molecule has 0 radical (unpaired) electrons. The molecule has 5 rings (SSSR count). The molecule has 1 saturated carbocycles. The second-order valence-corrected chi connectivity index (χ2v) is 13.4. The predicted octanol–water partition coefficient (Wildman–Crippen LogP) is 6.12. The molecule has 1 aliphatic carbocycles. The minimum absolute atomic E-state index is 0.00309. The van der Waals surface area contributed by atoms with Crippen molar-refractivity contribution in [3.05, 3.63) is 99.2 Å². The molecule has 4 aromatic rings. The lowest BCUT2D eigenvalue weighted by molar-refractivity contribution is 0.102. The summed E-state index contributed by atoms with van der Waals surface area (Å²) in [6.45, 7) is 1.64. The highest BCUT2D eigenvalue weighted by Gasteiger charge is 2.31. The number of nitrogens with zero attached hydrogens (tertiary/aromatic N) is 4. The van der Waals surface area contributed by atoms with Crippen LogP contribution in [0, 0.1) is 12.7 Å². The first-order valence-electron chi connectivity index (χ1n) is 14.4. The third-order valence-electron chi connectivity index (χ3n) is 8.38. The van der Waals surface area contributed by atoms with Crippen molar-refractivity contribution in [3.63, 3.8) is 0 Å². The van der Waals surface area contributed by atoms with Gasteiger partial charge in [0.1, 0.15) is 16.4 Å². The fraction of sp³-hybridized carbons (Fsp3) is 0.312. The van der Waals surface area contributed by atoms with Gasteiger partial charge in [0.15, 0.2) is 0 Å². The average molecular weight is 640 g/mol. The van der Waals surface area contributed by atoms with Crippen LogP contribution in [0.1, 0.15) is 48.2 Å². The van der Waals surface area contributed by atoms with Gasteiger partial charge in [-0.15, -0.1) is 0 Å². The normalized spacial score (nSPS) is 14.0. The lowest BCUT2D eigenvalue weighted by atomic mass is 9.94. The summed E-state index contributed by atoms with van der Waals surface area (Å²) >= 11 is 6.34. The Balaban J connectivity index is 1.40. The molecule has 1 amide bonds. The maximum absolute atomic E-state index is 15.1. The minimum atomic E-state index is -4.39. The molecular weight excluding hydrogens is 605 g/mol. The number of sulfonamides is 1. The van der Waals surface area contributed by atoms with Gasteiger partial charge in [0, 0.05) is 38.4 Å². The number of hydrogen-bond acceptors (Lipinski definition) is 5. The van der Waals surface area contributed by atoms with Gasteiger partial charge in [-0.3, -0.25) is 18.6 Å². The molecule has 0 bridgehead atoms. The van der Waals surface area contributed by atoms with Crippen LogP contribution in [-0.4, -0.2) is 43.8 Å². The van der Waals surface area contributed by atoms with Crippen molar-refractivity contribution >= 4 is 44.6 Å². The minimum Gasteiger partial charge on any atom is -0.369 e. The van der Waals surface area contributed by atoms with Crippen LogP contribution in [0.25, 0.3) is 5.69 Å². The van der Waals surface area contributed by atoms with E-state index in [0.717, 1.165) is 36.1 Å². The standard InChI is InChI=1S/C32H35ClFN5O4S/c1-21-30(32(41)39(37(21)3)25-13-9-6-10-14-25)38(4)44(42,43)29-19-22(15-17-26(29)33)31(40)35-23-16-18-28(27(34)20-23)36(2)24-11-7-5-8-12-24/h6,9-10,13-20,24H,5,7-8,11-12H2,1-4H3,(H,35,40). The van der Waals surface area contributed by atoms with Crippen molar-refractivity contribution in [1.82, 2.24) is 9.36 Å². The fourth-order valence-electron chi connectivity index (χ4n) is 5.77. The number of amides is 1. The van der Waals surface area contributed by atoms with Gasteiger partial charge < -0.3 is 10.2 Å². The van der Waals surface area contributed by atoms with E-state index in [-0.39, 0.29) is 32.9 Å². The Hall–Kier alpha value is -4.09. The van der Waals surface area contributed by atoms with Gasteiger partial charge in [0.05, 0.1) is 22.1 Å². The van der Waals surface area contributed by atoms with Gasteiger partial charge in [0.2, 0.25) is 0 Å². The summed E-state index contributed by atoms with van der Waals surface area (Å²) in [6.07, 6.45) is 5.46. The second kappa shape index (κ2) is 12.5. The van der Waals surface area contributed by atoms with E-state index < -0.39 is 27.3 Å². The van der Waals surface area contributed by atoms with Crippen LogP contribution in [-0.2, 0) is 17.1 Å². The molecule has 1 fully saturated rings. The number of para-hydroxylation sites is 1. The zero-order valence-electron chi connectivity index (χ0n) is 25.0. The number of anilines is 3. The van der Waals surface area contributed by atoms with Crippen molar-refractivity contribution in [2.75, 3.05) is 28.6 Å². The Morgan fingerprint density at radius 1 is 1.00 bits per heavy atom. The third-order valence-corrected chi connectivity index (χ3v) is 10.6. The quantitative estimate of drug-likeness (QED) is 0.251. The molecule has 12 heteroatoms. The number of hydrogen-bond donors (Lipinski definition) is 1. The summed E-state index contributed by atoms with van der Waals surface area (Å²) in [5.74, 6) is -1.10. The molecule has 0 saturated heterocycles. The van der Waals surface area contributed by atoms with Gasteiger partial charge in [-0.2, -0.15) is 0 Å². The van der Waals surface area contributed by atoms with Crippen molar-refractivity contribution in [2.45, 2.75) is 50.0 Å². The molecule has 9 nitrogen and oxygen atoms in total. The first-order valence-corrected chi connectivity index (χ1v) is 16.2. The molecule has 232 valence electrons. The van der Waals surface area contributed by atoms with E-state index in [2.05, 4.69) is 5.32 Å². The zero-order valence-corrected chi connectivity index (χ0v) is 26.6. The Kier molecular flexibility index (Phi) is 8.90. The van der Waals surface area contributed by atoms with Crippen molar-refractivity contribution in [1.29, 1.82) is 0 Å². The Labute approximate surface area is 261 Å². The van der Waals surface area contributed by atoms with Crippen LogP contribution < -0.4 is 20.1 Å². The highest BCUT2D eigenvalue weighted by Crippen LogP contribution is 2.31. The maximum Gasteiger partial charge on any atom is 0.296 e. The van der Waals surface area contributed by atoms with E-state index in [1.54, 1.807) is 55.1 Å². The molecule has 1 aromatic heterocycles. The lowest BCUT2D eigenvalue weighted by Crippen LogP contribution is -2.33.